The number of fused-ring (bicyclic) bond motifs is 1. The molecular weight excluding hydrogens is 509 g/mol. The van der Waals surface area contributed by atoms with Gasteiger partial charge >= 0.3 is 6.09 Å². The van der Waals surface area contributed by atoms with Gasteiger partial charge in [-0.3, -0.25) is 0 Å². The predicted octanol–water partition coefficient (Wildman–Crippen LogP) is 7.16. The number of likely N-dealkylation sites (tertiary alicyclic amines) is 1. The number of hydrogen-bond acceptors (Lipinski definition) is 5. The number of rotatable bonds is 8. The van der Waals surface area contributed by atoms with Gasteiger partial charge in [-0.05, 0) is 100.0 Å². The summed E-state index contributed by atoms with van der Waals surface area (Å²) in [5.41, 5.74) is 4.21. The Kier molecular flexibility index (Phi) is 8.98. The van der Waals surface area contributed by atoms with Crippen LogP contribution >= 0.6 is 0 Å². The number of amides is 1. The average molecular weight is 554 g/mol. The summed E-state index contributed by atoms with van der Waals surface area (Å²) in [6.45, 7) is 13.0. The molecule has 0 spiro atoms. The number of H-pyrrole nitrogens is 1. The van der Waals surface area contributed by atoms with Gasteiger partial charge in [-0.1, -0.05) is 13.8 Å². The Morgan fingerprint density at radius 1 is 1.10 bits per heavy atom. The number of carbonyl (C=O) groups is 1. The second kappa shape index (κ2) is 12.1. The van der Waals surface area contributed by atoms with E-state index >= 15 is 4.39 Å². The van der Waals surface area contributed by atoms with Crippen LogP contribution in [0.25, 0.3) is 22.2 Å². The normalized spacial score (nSPS) is 15.1. The minimum absolute atomic E-state index is 0.156. The number of nitrogens with one attached hydrogen (secondary N) is 1. The molecule has 0 atom stereocenters. The van der Waals surface area contributed by atoms with Crippen molar-refractivity contribution in [2.24, 2.45) is 0 Å². The second-order valence-corrected chi connectivity index (χ2v) is 12.1. The number of aromatic nitrogens is 1. The lowest BCUT2D eigenvalue weighted by molar-refractivity contribution is 0.0278. The van der Waals surface area contributed by atoms with Gasteiger partial charge in [0.1, 0.15) is 11.4 Å². The SMILES string of the molecule is COc1ccc(-c2[nH]c3cc(F)c(C4CCN(CCN(C)C(=O)OC(C)(C)C)CC4)cc3c2C(C)C)cc1OC. The second-order valence-electron chi connectivity index (χ2n) is 12.1. The summed E-state index contributed by atoms with van der Waals surface area (Å²) in [5.74, 6) is 1.56. The molecule has 2 aromatic carbocycles. The third kappa shape index (κ3) is 6.54. The van der Waals surface area contributed by atoms with Crippen molar-refractivity contribution in [1.29, 1.82) is 0 Å². The molecule has 218 valence electrons. The molecule has 8 heteroatoms. The highest BCUT2D eigenvalue weighted by atomic mass is 19.1. The number of piperidine rings is 1. The first-order valence-electron chi connectivity index (χ1n) is 14.2. The monoisotopic (exact) mass is 553 g/mol. The molecule has 0 unspecified atom stereocenters. The lowest BCUT2D eigenvalue weighted by Crippen LogP contribution is -2.41. The highest BCUT2D eigenvalue weighted by Crippen LogP contribution is 2.41. The minimum Gasteiger partial charge on any atom is -0.493 e. The molecular formula is C32H44FN3O4. The first-order valence-corrected chi connectivity index (χ1v) is 14.2. The van der Waals surface area contributed by atoms with Gasteiger partial charge in [0.2, 0.25) is 0 Å². The van der Waals surface area contributed by atoms with Crippen LogP contribution in [0.1, 0.15) is 70.4 Å². The van der Waals surface area contributed by atoms with Gasteiger partial charge in [0, 0.05) is 36.6 Å². The zero-order chi connectivity index (χ0) is 29.2. The standard InChI is InChI=1S/C32H44FN3O4/c1-20(2)29-24-18-23(21-11-13-36(14-12-21)16-15-35(6)31(37)40-32(3,4)5)25(33)19-26(24)34-30(29)22-9-10-27(38-7)28(17-22)39-8/h9-10,17-21,34H,11-16H2,1-8H3. The van der Waals surface area contributed by atoms with E-state index in [0.29, 0.717) is 18.0 Å². The summed E-state index contributed by atoms with van der Waals surface area (Å²) >= 11 is 0. The Bertz CT molecular complexity index is 1340. The third-order valence-electron chi connectivity index (χ3n) is 7.69. The van der Waals surface area contributed by atoms with Gasteiger partial charge in [0.15, 0.2) is 11.5 Å². The summed E-state index contributed by atoms with van der Waals surface area (Å²) in [7, 11) is 5.02. The summed E-state index contributed by atoms with van der Waals surface area (Å²) in [4.78, 5) is 19.7. The highest BCUT2D eigenvalue weighted by Gasteiger charge is 2.26. The van der Waals surface area contributed by atoms with Crippen molar-refractivity contribution in [3.8, 4) is 22.8 Å². The Hall–Kier alpha value is -3.26. The zero-order valence-corrected chi connectivity index (χ0v) is 25.2. The van der Waals surface area contributed by atoms with E-state index in [-0.39, 0.29) is 23.7 Å². The first kappa shape index (κ1) is 29.7. The van der Waals surface area contributed by atoms with Crippen LogP contribution in [0.4, 0.5) is 9.18 Å². The lowest BCUT2D eigenvalue weighted by Gasteiger charge is -2.33. The van der Waals surface area contributed by atoms with Crippen LogP contribution in [-0.4, -0.2) is 73.9 Å². The molecule has 1 N–H and O–H groups in total. The number of carbonyl (C=O) groups excluding carboxylic acids is 1. The average Bonchev–Trinajstić information content (AvgIpc) is 3.28. The fourth-order valence-electron chi connectivity index (χ4n) is 5.57. The zero-order valence-electron chi connectivity index (χ0n) is 25.2. The van der Waals surface area contributed by atoms with Crippen LogP contribution < -0.4 is 9.47 Å². The molecule has 1 fully saturated rings. The molecule has 0 saturated carbocycles. The van der Waals surface area contributed by atoms with Crippen molar-refractivity contribution in [3.63, 3.8) is 0 Å². The Morgan fingerprint density at radius 3 is 2.38 bits per heavy atom. The lowest BCUT2D eigenvalue weighted by atomic mass is 9.87. The summed E-state index contributed by atoms with van der Waals surface area (Å²) in [6.07, 6.45) is 1.45. The summed E-state index contributed by atoms with van der Waals surface area (Å²) < 4.78 is 31.9. The number of hydrogen-bond donors (Lipinski definition) is 1. The molecule has 7 nitrogen and oxygen atoms in total. The highest BCUT2D eigenvalue weighted by molar-refractivity contribution is 5.92. The van der Waals surface area contributed by atoms with Gasteiger partial charge in [-0.15, -0.1) is 0 Å². The predicted molar refractivity (Wildman–Crippen MR) is 158 cm³/mol. The fourth-order valence-corrected chi connectivity index (χ4v) is 5.57. The van der Waals surface area contributed by atoms with Crippen LogP contribution in [0, 0.1) is 5.82 Å². The number of nitrogens with zero attached hydrogens (tertiary/aromatic N) is 2. The van der Waals surface area contributed by atoms with E-state index in [9.17, 15) is 4.79 Å². The van der Waals surface area contributed by atoms with Gasteiger partial charge < -0.3 is 29.0 Å². The number of methoxy groups -OCH3 is 2. The molecule has 0 aliphatic carbocycles. The van der Waals surface area contributed by atoms with E-state index in [4.69, 9.17) is 14.2 Å². The largest absolute Gasteiger partial charge is 0.493 e. The maximum atomic E-state index is 15.5. The van der Waals surface area contributed by atoms with Gasteiger partial charge in [-0.2, -0.15) is 0 Å². The number of benzene rings is 2. The molecule has 1 aromatic heterocycles. The minimum atomic E-state index is -0.508. The molecule has 1 aliphatic rings. The molecule has 40 heavy (non-hydrogen) atoms. The first-order chi connectivity index (χ1) is 18.9. The van der Waals surface area contributed by atoms with Crippen molar-refractivity contribution >= 4 is 17.0 Å². The van der Waals surface area contributed by atoms with Crippen LogP contribution in [-0.2, 0) is 4.74 Å². The maximum absolute atomic E-state index is 15.5. The molecule has 4 rings (SSSR count). The molecule has 1 saturated heterocycles. The summed E-state index contributed by atoms with van der Waals surface area (Å²) in [6, 6.07) is 9.59. The van der Waals surface area contributed by atoms with E-state index in [0.717, 1.165) is 60.2 Å². The molecule has 0 radical (unpaired) electrons. The van der Waals surface area contributed by atoms with Gasteiger partial charge in [0.25, 0.3) is 0 Å². The Morgan fingerprint density at radius 2 is 1.77 bits per heavy atom. The fraction of sp³-hybridized carbons (Fsp3) is 0.531. The van der Waals surface area contributed by atoms with Crippen molar-refractivity contribution < 1.29 is 23.4 Å². The van der Waals surface area contributed by atoms with Crippen molar-refractivity contribution in [3.05, 3.63) is 47.3 Å². The van der Waals surface area contributed by atoms with Crippen LogP contribution in [0.5, 0.6) is 11.5 Å². The van der Waals surface area contributed by atoms with Gasteiger partial charge in [0.05, 0.1) is 19.9 Å². The number of aromatic amines is 1. The quantitative estimate of drug-likeness (QED) is 0.321. The summed E-state index contributed by atoms with van der Waals surface area (Å²) in [5, 5.41) is 1.07. The van der Waals surface area contributed by atoms with Crippen LogP contribution in [0.15, 0.2) is 30.3 Å². The van der Waals surface area contributed by atoms with E-state index in [1.807, 2.05) is 39.0 Å². The molecule has 3 aromatic rings. The third-order valence-corrected chi connectivity index (χ3v) is 7.69. The molecule has 1 amide bonds. The van der Waals surface area contributed by atoms with E-state index in [1.165, 1.54) is 5.56 Å². The maximum Gasteiger partial charge on any atom is 0.410 e. The number of ether oxygens (including phenoxy) is 3. The van der Waals surface area contributed by atoms with Crippen LogP contribution in [0.3, 0.4) is 0 Å². The van der Waals surface area contributed by atoms with Gasteiger partial charge in [-0.25, -0.2) is 9.18 Å². The van der Waals surface area contributed by atoms with E-state index in [2.05, 4.69) is 29.8 Å². The molecule has 0 bridgehead atoms. The molecule has 2 heterocycles. The smallest absolute Gasteiger partial charge is 0.410 e. The Labute approximate surface area is 237 Å². The van der Waals surface area contributed by atoms with Crippen molar-refractivity contribution in [2.45, 2.75) is 64.9 Å². The number of halogens is 1. The Balaban J connectivity index is 1.51. The van der Waals surface area contributed by atoms with Crippen LogP contribution in [0.2, 0.25) is 0 Å². The topological polar surface area (TPSA) is 67.0 Å². The number of likely N-dealkylation sites (N-methyl/N-ethyl adjacent to an activating group) is 1. The molecule has 1 aliphatic heterocycles. The van der Waals surface area contributed by atoms with Crippen molar-refractivity contribution in [2.75, 3.05) is 47.4 Å². The van der Waals surface area contributed by atoms with Crippen molar-refractivity contribution in [1.82, 2.24) is 14.8 Å². The van der Waals surface area contributed by atoms with E-state index < -0.39 is 5.60 Å². The van der Waals surface area contributed by atoms with E-state index in [1.54, 1.807) is 32.2 Å².